The molecule has 16 heavy (non-hydrogen) atoms. The topological polar surface area (TPSA) is 61.7 Å². The Bertz CT molecular complexity index is 405. The number of unbranched alkanes of at least 4 members (excludes halogenated alkanes) is 1. The average Bonchev–Trinajstić information content (AvgIpc) is 2.27. The summed E-state index contributed by atoms with van der Waals surface area (Å²) in [5, 5.41) is 13.2. The smallest absolute Gasteiger partial charge is 0.275 e. The van der Waals surface area contributed by atoms with E-state index < -0.39 is 5.91 Å². The van der Waals surface area contributed by atoms with Crippen LogP contribution in [0.1, 0.15) is 30.1 Å². The van der Waals surface area contributed by atoms with E-state index in [1.54, 1.807) is 18.3 Å². The van der Waals surface area contributed by atoms with E-state index in [-0.39, 0.29) is 11.3 Å². The third-order valence-corrected chi connectivity index (χ3v) is 2.37. The van der Waals surface area contributed by atoms with Crippen molar-refractivity contribution >= 4 is 28.1 Å². The molecule has 0 saturated carbocycles. The number of benzene rings is 1. The highest BCUT2D eigenvalue weighted by molar-refractivity contribution is 9.10. The Morgan fingerprint density at radius 2 is 2.38 bits per heavy atom. The van der Waals surface area contributed by atoms with Crippen LogP contribution < -0.4 is 5.43 Å². The Balaban J connectivity index is 2.69. The number of rotatable bonds is 4. The van der Waals surface area contributed by atoms with Gasteiger partial charge in [-0.25, -0.2) is 5.43 Å². The van der Waals surface area contributed by atoms with Gasteiger partial charge in [0.2, 0.25) is 0 Å². The van der Waals surface area contributed by atoms with Gasteiger partial charge >= 0.3 is 0 Å². The number of amides is 1. The van der Waals surface area contributed by atoms with Gasteiger partial charge < -0.3 is 5.11 Å². The van der Waals surface area contributed by atoms with E-state index in [1.165, 1.54) is 6.07 Å². The van der Waals surface area contributed by atoms with E-state index in [2.05, 4.69) is 26.5 Å². The number of carbonyl (C=O) groups is 1. The zero-order valence-corrected chi connectivity index (χ0v) is 10.5. The zero-order chi connectivity index (χ0) is 12.0. The molecule has 1 aromatic carbocycles. The van der Waals surface area contributed by atoms with Crippen LogP contribution in [0.4, 0.5) is 0 Å². The number of carbonyl (C=O) groups excluding carboxylic acids is 1. The van der Waals surface area contributed by atoms with Crippen molar-refractivity contribution in [2.75, 3.05) is 0 Å². The normalized spacial score (nSPS) is 10.6. The van der Waals surface area contributed by atoms with Crippen LogP contribution in [-0.4, -0.2) is 17.2 Å². The van der Waals surface area contributed by atoms with Gasteiger partial charge in [0.1, 0.15) is 5.75 Å². The molecule has 0 aliphatic rings. The highest BCUT2D eigenvalue weighted by Gasteiger charge is 2.10. The largest absolute Gasteiger partial charge is 0.507 e. The average molecular weight is 285 g/mol. The fraction of sp³-hybridized carbons (Fsp3) is 0.273. The van der Waals surface area contributed by atoms with Crippen molar-refractivity contribution in [1.29, 1.82) is 0 Å². The number of hydrogen-bond donors (Lipinski definition) is 2. The number of phenolic OH excluding ortho intramolecular Hbond substituents is 1. The molecule has 0 radical (unpaired) electrons. The number of halogens is 1. The van der Waals surface area contributed by atoms with Crippen LogP contribution >= 0.6 is 15.9 Å². The second kappa shape index (κ2) is 6.27. The van der Waals surface area contributed by atoms with Gasteiger partial charge in [0.05, 0.1) is 5.56 Å². The second-order valence-electron chi connectivity index (χ2n) is 3.20. The van der Waals surface area contributed by atoms with Crippen LogP contribution in [-0.2, 0) is 0 Å². The van der Waals surface area contributed by atoms with E-state index in [0.717, 1.165) is 17.3 Å². The van der Waals surface area contributed by atoms with Gasteiger partial charge in [0, 0.05) is 10.7 Å². The minimum atomic E-state index is -0.425. The number of hydrogen-bond acceptors (Lipinski definition) is 3. The fourth-order valence-corrected chi connectivity index (χ4v) is 1.41. The maximum absolute atomic E-state index is 11.6. The molecule has 2 N–H and O–H groups in total. The summed E-state index contributed by atoms with van der Waals surface area (Å²) in [6, 6.07) is 4.65. The molecule has 86 valence electrons. The third-order valence-electron chi connectivity index (χ3n) is 1.88. The number of nitrogens with one attached hydrogen (secondary N) is 1. The molecule has 0 aliphatic carbocycles. The van der Waals surface area contributed by atoms with E-state index >= 15 is 0 Å². The maximum Gasteiger partial charge on any atom is 0.275 e. The van der Waals surface area contributed by atoms with Crippen molar-refractivity contribution in [2.45, 2.75) is 19.8 Å². The van der Waals surface area contributed by atoms with Crippen LogP contribution in [0.2, 0.25) is 0 Å². The van der Waals surface area contributed by atoms with Gasteiger partial charge in [-0.1, -0.05) is 29.3 Å². The molecular formula is C11H13BrN2O2. The fourth-order valence-electron chi connectivity index (χ4n) is 1.05. The van der Waals surface area contributed by atoms with Crippen molar-refractivity contribution in [3.8, 4) is 5.75 Å². The van der Waals surface area contributed by atoms with E-state index in [0.29, 0.717) is 0 Å². The van der Waals surface area contributed by atoms with Crippen molar-refractivity contribution in [1.82, 2.24) is 5.43 Å². The molecule has 1 aromatic rings. The molecule has 0 aromatic heterocycles. The number of nitrogens with zero attached hydrogens (tertiary/aromatic N) is 1. The molecule has 1 amide bonds. The molecule has 0 unspecified atom stereocenters. The lowest BCUT2D eigenvalue weighted by Crippen LogP contribution is -2.17. The maximum atomic E-state index is 11.6. The summed E-state index contributed by atoms with van der Waals surface area (Å²) in [5.74, 6) is -0.488. The SMILES string of the molecule is CCC/C=N\NC(=O)c1cc(Br)ccc1O. The first-order valence-corrected chi connectivity index (χ1v) is 5.74. The standard InChI is InChI=1S/C11H13BrN2O2/c1-2-3-6-13-14-11(16)9-7-8(12)4-5-10(9)15/h4-7,15H,2-3H2,1H3,(H,14,16)/b13-6-. The molecule has 0 atom stereocenters. The minimum absolute atomic E-state index is 0.0635. The third kappa shape index (κ3) is 3.66. The molecule has 0 aliphatic heterocycles. The quantitative estimate of drug-likeness (QED) is 0.660. The molecule has 4 nitrogen and oxygen atoms in total. The van der Waals surface area contributed by atoms with Crippen LogP contribution in [0, 0.1) is 0 Å². The van der Waals surface area contributed by atoms with Crippen molar-refractivity contribution < 1.29 is 9.90 Å². The number of aromatic hydroxyl groups is 1. The summed E-state index contributed by atoms with van der Waals surface area (Å²) in [5.41, 5.74) is 2.55. The molecular weight excluding hydrogens is 272 g/mol. The van der Waals surface area contributed by atoms with Gasteiger partial charge in [0.25, 0.3) is 5.91 Å². The molecule has 0 spiro atoms. The molecule has 1 rings (SSSR count). The van der Waals surface area contributed by atoms with Crippen molar-refractivity contribution in [3.05, 3.63) is 28.2 Å². The Morgan fingerprint density at radius 3 is 3.06 bits per heavy atom. The Morgan fingerprint density at radius 1 is 1.62 bits per heavy atom. The summed E-state index contributed by atoms with van der Waals surface area (Å²) in [4.78, 5) is 11.6. The highest BCUT2D eigenvalue weighted by atomic mass is 79.9. The number of hydrazone groups is 1. The van der Waals surface area contributed by atoms with Gasteiger partial charge in [0.15, 0.2) is 0 Å². The first-order valence-electron chi connectivity index (χ1n) is 4.95. The first kappa shape index (κ1) is 12.7. The Labute approximate surface area is 102 Å². The van der Waals surface area contributed by atoms with Crippen molar-refractivity contribution in [2.24, 2.45) is 5.10 Å². The van der Waals surface area contributed by atoms with Crippen molar-refractivity contribution in [3.63, 3.8) is 0 Å². The van der Waals surface area contributed by atoms with E-state index in [4.69, 9.17) is 0 Å². The van der Waals surface area contributed by atoms with Gasteiger partial charge in [-0.3, -0.25) is 4.79 Å². The predicted octanol–water partition coefficient (Wildman–Crippen LogP) is 2.67. The minimum Gasteiger partial charge on any atom is -0.507 e. The first-order chi connectivity index (χ1) is 7.65. The molecule has 5 heteroatoms. The molecule has 0 bridgehead atoms. The highest BCUT2D eigenvalue weighted by Crippen LogP contribution is 2.21. The summed E-state index contributed by atoms with van der Waals surface area (Å²) < 4.78 is 0.730. The van der Waals surface area contributed by atoms with Gasteiger partial charge in [-0.15, -0.1) is 0 Å². The monoisotopic (exact) mass is 284 g/mol. The predicted molar refractivity (Wildman–Crippen MR) is 66.7 cm³/mol. The van der Waals surface area contributed by atoms with Gasteiger partial charge in [-0.05, 0) is 24.6 Å². The lowest BCUT2D eigenvalue weighted by Gasteiger charge is -2.03. The van der Waals surface area contributed by atoms with Gasteiger partial charge in [-0.2, -0.15) is 5.10 Å². The Hall–Kier alpha value is -1.36. The lowest BCUT2D eigenvalue weighted by atomic mass is 10.2. The Kier molecular flexibility index (Phi) is 4.98. The summed E-state index contributed by atoms with van der Waals surface area (Å²) in [7, 11) is 0. The van der Waals surface area contributed by atoms with Crippen LogP contribution in [0.3, 0.4) is 0 Å². The zero-order valence-electron chi connectivity index (χ0n) is 8.90. The van der Waals surface area contributed by atoms with Crippen LogP contribution in [0.25, 0.3) is 0 Å². The molecule has 0 fully saturated rings. The van der Waals surface area contributed by atoms with E-state index in [9.17, 15) is 9.90 Å². The second-order valence-corrected chi connectivity index (χ2v) is 4.12. The summed E-state index contributed by atoms with van der Waals surface area (Å²) in [6.07, 6.45) is 3.42. The van der Waals surface area contributed by atoms with E-state index in [1.807, 2.05) is 6.92 Å². The lowest BCUT2D eigenvalue weighted by molar-refractivity contribution is 0.0952. The number of phenols is 1. The summed E-state index contributed by atoms with van der Waals surface area (Å²) >= 11 is 3.23. The van der Waals surface area contributed by atoms with Crippen LogP contribution in [0.15, 0.2) is 27.8 Å². The molecule has 0 saturated heterocycles. The summed E-state index contributed by atoms with van der Waals surface area (Å²) in [6.45, 7) is 2.02. The van der Waals surface area contributed by atoms with Crippen LogP contribution in [0.5, 0.6) is 5.75 Å². The molecule has 0 heterocycles.